The van der Waals surface area contributed by atoms with Crippen molar-refractivity contribution >= 4 is 0 Å². The Morgan fingerprint density at radius 3 is 2.52 bits per heavy atom. The van der Waals surface area contributed by atoms with Crippen LogP contribution in [-0.2, 0) is 9.47 Å². The Morgan fingerprint density at radius 1 is 1.10 bits per heavy atom. The smallest absolute Gasteiger partial charge is 0.127 e. The summed E-state index contributed by atoms with van der Waals surface area (Å²) >= 11 is 0. The Kier molecular flexibility index (Phi) is 8.82. The highest BCUT2D eigenvalue weighted by atomic mass is 16.5. The second-order valence-electron chi connectivity index (χ2n) is 4.64. The number of likely N-dealkylation sites (N-methyl/N-ethyl adjacent to an activating group) is 1. The summed E-state index contributed by atoms with van der Waals surface area (Å²) in [4.78, 5) is 0. The molecule has 1 N–H and O–H groups in total. The minimum absolute atomic E-state index is 0.0957. The number of methoxy groups -OCH3 is 3. The van der Waals surface area contributed by atoms with Gasteiger partial charge in [0.25, 0.3) is 0 Å². The zero-order chi connectivity index (χ0) is 15.5. The third-order valence-corrected chi connectivity index (χ3v) is 3.19. The third-order valence-electron chi connectivity index (χ3n) is 3.19. The highest BCUT2D eigenvalue weighted by molar-refractivity contribution is 5.42. The Labute approximate surface area is 127 Å². The highest BCUT2D eigenvalue weighted by Crippen LogP contribution is 2.29. The standard InChI is InChI=1S/C16H27NO4/c1-5-17-15(12-21-10-6-9-18-2)14-8-7-13(19-3)11-16(14)20-4/h7-8,11,15,17H,5-6,9-10,12H2,1-4H3. The van der Waals surface area contributed by atoms with E-state index in [0.29, 0.717) is 13.2 Å². The van der Waals surface area contributed by atoms with E-state index < -0.39 is 0 Å². The fraction of sp³-hybridized carbons (Fsp3) is 0.625. The molecule has 5 heteroatoms. The average molecular weight is 297 g/mol. The van der Waals surface area contributed by atoms with Gasteiger partial charge in [-0.3, -0.25) is 0 Å². The van der Waals surface area contributed by atoms with E-state index >= 15 is 0 Å². The molecule has 0 aliphatic rings. The van der Waals surface area contributed by atoms with Gasteiger partial charge in [0, 0.05) is 32.0 Å². The molecule has 1 aromatic rings. The quantitative estimate of drug-likeness (QED) is 0.636. The zero-order valence-corrected chi connectivity index (χ0v) is 13.5. The largest absolute Gasteiger partial charge is 0.497 e. The molecule has 0 aromatic heterocycles. The van der Waals surface area contributed by atoms with Crippen molar-refractivity contribution in [3.63, 3.8) is 0 Å². The van der Waals surface area contributed by atoms with Crippen LogP contribution in [-0.4, -0.2) is 47.7 Å². The first kappa shape index (κ1) is 17.8. The predicted molar refractivity (Wildman–Crippen MR) is 83.3 cm³/mol. The average Bonchev–Trinajstić information content (AvgIpc) is 2.53. The summed E-state index contributed by atoms with van der Waals surface area (Å²) in [6, 6.07) is 5.94. The minimum atomic E-state index is 0.0957. The molecule has 0 fully saturated rings. The van der Waals surface area contributed by atoms with Gasteiger partial charge in [-0.15, -0.1) is 0 Å². The van der Waals surface area contributed by atoms with Crippen LogP contribution < -0.4 is 14.8 Å². The normalized spacial score (nSPS) is 12.2. The van der Waals surface area contributed by atoms with Crippen LogP contribution in [0.2, 0.25) is 0 Å². The number of ether oxygens (including phenoxy) is 4. The molecule has 0 saturated carbocycles. The van der Waals surface area contributed by atoms with Gasteiger partial charge in [-0.25, -0.2) is 0 Å². The molecule has 0 spiro atoms. The lowest BCUT2D eigenvalue weighted by molar-refractivity contribution is 0.0872. The van der Waals surface area contributed by atoms with Crippen molar-refractivity contribution in [1.29, 1.82) is 0 Å². The lowest BCUT2D eigenvalue weighted by atomic mass is 10.1. The molecule has 1 rings (SSSR count). The Hall–Kier alpha value is -1.30. The van der Waals surface area contributed by atoms with Gasteiger partial charge < -0.3 is 24.3 Å². The van der Waals surface area contributed by atoms with Gasteiger partial charge in [0.1, 0.15) is 11.5 Å². The van der Waals surface area contributed by atoms with Gasteiger partial charge in [-0.2, -0.15) is 0 Å². The maximum atomic E-state index is 5.73. The van der Waals surface area contributed by atoms with Gasteiger partial charge in [-0.1, -0.05) is 6.92 Å². The Balaban J connectivity index is 2.70. The van der Waals surface area contributed by atoms with E-state index in [1.54, 1.807) is 21.3 Å². The molecule has 1 aromatic carbocycles. The van der Waals surface area contributed by atoms with Gasteiger partial charge >= 0.3 is 0 Å². The second-order valence-corrected chi connectivity index (χ2v) is 4.64. The van der Waals surface area contributed by atoms with Gasteiger partial charge in [-0.05, 0) is 25.1 Å². The molecule has 5 nitrogen and oxygen atoms in total. The highest BCUT2D eigenvalue weighted by Gasteiger charge is 2.16. The van der Waals surface area contributed by atoms with Crippen molar-refractivity contribution in [2.75, 3.05) is 47.7 Å². The molecule has 1 atom stereocenters. The first-order valence-corrected chi connectivity index (χ1v) is 7.28. The van der Waals surface area contributed by atoms with Crippen LogP contribution in [0.25, 0.3) is 0 Å². The van der Waals surface area contributed by atoms with Crippen molar-refractivity contribution in [1.82, 2.24) is 5.32 Å². The molecule has 0 amide bonds. The Bertz CT molecular complexity index is 398. The minimum Gasteiger partial charge on any atom is -0.497 e. The van der Waals surface area contributed by atoms with Crippen LogP contribution in [0.15, 0.2) is 18.2 Å². The Morgan fingerprint density at radius 2 is 1.90 bits per heavy atom. The summed E-state index contributed by atoms with van der Waals surface area (Å²) in [5, 5.41) is 3.42. The van der Waals surface area contributed by atoms with Crippen LogP contribution in [0.1, 0.15) is 24.9 Å². The van der Waals surface area contributed by atoms with Gasteiger partial charge in [0.2, 0.25) is 0 Å². The summed E-state index contributed by atoms with van der Waals surface area (Å²) in [7, 11) is 5.01. The lowest BCUT2D eigenvalue weighted by Crippen LogP contribution is -2.26. The summed E-state index contributed by atoms with van der Waals surface area (Å²) in [6.07, 6.45) is 0.898. The van der Waals surface area contributed by atoms with E-state index in [9.17, 15) is 0 Å². The van der Waals surface area contributed by atoms with Crippen LogP contribution in [0, 0.1) is 0 Å². The van der Waals surface area contributed by atoms with Crippen LogP contribution in [0.3, 0.4) is 0 Å². The third kappa shape index (κ3) is 5.91. The molecule has 0 aliphatic heterocycles. The molecule has 0 saturated heterocycles. The van der Waals surface area contributed by atoms with E-state index in [2.05, 4.69) is 12.2 Å². The topological polar surface area (TPSA) is 49.0 Å². The lowest BCUT2D eigenvalue weighted by Gasteiger charge is -2.21. The van der Waals surface area contributed by atoms with Crippen molar-refractivity contribution in [2.45, 2.75) is 19.4 Å². The SMILES string of the molecule is CCNC(COCCCOC)c1ccc(OC)cc1OC. The predicted octanol–water partition coefficient (Wildman–Crippen LogP) is 2.41. The molecule has 120 valence electrons. The van der Waals surface area contributed by atoms with Gasteiger partial charge in [0.15, 0.2) is 0 Å². The number of rotatable bonds is 11. The van der Waals surface area contributed by atoms with Crippen molar-refractivity contribution < 1.29 is 18.9 Å². The first-order valence-electron chi connectivity index (χ1n) is 7.28. The zero-order valence-electron chi connectivity index (χ0n) is 13.5. The van der Waals surface area contributed by atoms with Crippen molar-refractivity contribution in [2.24, 2.45) is 0 Å². The van der Waals surface area contributed by atoms with Crippen LogP contribution in [0.4, 0.5) is 0 Å². The summed E-state index contributed by atoms with van der Waals surface area (Å²) in [6.45, 7) is 4.95. The molecule has 0 heterocycles. The molecule has 1 unspecified atom stereocenters. The number of benzene rings is 1. The molecule has 0 radical (unpaired) electrons. The number of hydrogen-bond acceptors (Lipinski definition) is 5. The maximum Gasteiger partial charge on any atom is 0.127 e. The van der Waals surface area contributed by atoms with E-state index in [4.69, 9.17) is 18.9 Å². The van der Waals surface area contributed by atoms with E-state index in [-0.39, 0.29) is 6.04 Å². The van der Waals surface area contributed by atoms with E-state index in [1.807, 2.05) is 18.2 Å². The number of nitrogens with one attached hydrogen (secondary N) is 1. The molecule has 0 aliphatic carbocycles. The van der Waals surface area contributed by atoms with E-state index in [1.165, 1.54) is 0 Å². The first-order chi connectivity index (χ1) is 10.3. The molecular formula is C16H27NO4. The maximum absolute atomic E-state index is 5.73. The van der Waals surface area contributed by atoms with E-state index in [0.717, 1.165) is 36.6 Å². The molecule has 0 bridgehead atoms. The summed E-state index contributed by atoms with van der Waals surface area (Å²) in [5.41, 5.74) is 1.08. The molecular weight excluding hydrogens is 270 g/mol. The van der Waals surface area contributed by atoms with Crippen LogP contribution in [0.5, 0.6) is 11.5 Å². The fourth-order valence-corrected chi connectivity index (χ4v) is 2.12. The number of hydrogen-bond donors (Lipinski definition) is 1. The summed E-state index contributed by atoms with van der Waals surface area (Å²) < 4.78 is 21.4. The monoisotopic (exact) mass is 297 g/mol. The van der Waals surface area contributed by atoms with Crippen LogP contribution >= 0.6 is 0 Å². The van der Waals surface area contributed by atoms with Gasteiger partial charge in [0.05, 0.1) is 26.9 Å². The molecule has 21 heavy (non-hydrogen) atoms. The van der Waals surface area contributed by atoms with Crippen molar-refractivity contribution in [3.8, 4) is 11.5 Å². The van der Waals surface area contributed by atoms with Crippen molar-refractivity contribution in [3.05, 3.63) is 23.8 Å². The fourth-order valence-electron chi connectivity index (χ4n) is 2.12. The second kappa shape index (κ2) is 10.4. The summed E-state index contributed by atoms with van der Waals surface area (Å²) in [5.74, 6) is 1.59.